The van der Waals surface area contributed by atoms with Crippen molar-refractivity contribution in [3.05, 3.63) is 11.6 Å². The van der Waals surface area contributed by atoms with Crippen molar-refractivity contribution in [2.24, 2.45) is 29.4 Å². The predicted molar refractivity (Wildman–Crippen MR) is 86.5 cm³/mol. The van der Waals surface area contributed by atoms with E-state index in [1.165, 1.54) is 70.6 Å². The molecule has 1 unspecified atom stereocenters. The summed E-state index contributed by atoms with van der Waals surface area (Å²) in [6.45, 7) is 2.43. The Kier molecular flexibility index (Phi) is 4.86. The Labute approximate surface area is 125 Å². The van der Waals surface area contributed by atoms with Crippen LogP contribution in [0.3, 0.4) is 0 Å². The van der Waals surface area contributed by atoms with Crippen LogP contribution in [-0.4, -0.2) is 6.04 Å². The fourth-order valence-electron chi connectivity index (χ4n) is 4.92. The van der Waals surface area contributed by atoms with Gasteiger partial charge in [-0.1, -0.05) is 31.4 Å². The first-order chi connectivity index (χ1) is 9.72. The van der Waals surface area contributed by atoms with E-state index in [4.69, 9.17) is 5.73 Å². The molecule has 114 valence electrons. The summed E-state index contributed by atoms with van der Waals surface area (Å²) in [5.74, 6) is 3.90. The van der Waals surface area contributed by atoms with Gasteiger partial charge in [0.25, 0.3) is 0 Å². The molecule has 2 N–H and O–H groups in total. The monoisotopic (exact) mass is 275 g/mol. The summed E-state index contributed by atoms with van der Waals surface area (Å²) in [6, 6.07) is 0.505. The van der Waals surface area contributed by atoms with Crippen LogP contribution in [-0.2, 0) is 0 Å². The Morgan fingerprint density at radius 1 is 0.850 bits per heavy atom. The molecule has 1 atom stereocenters. The third-order valence-corrected chi connectivity index (χ3v) is 6.51. The molecule has 0 bridgehead atoms. The maximum absolute atomic E-state index is 6.05. The summed E-state index contributed by atoms with van der Waals surface area (Å²) < 4.78 is 0. The molecular weight excluding hydrogens is 242 g/mol. The SMILES string of the molecule is CC1CCC(C2=CCC(C3CCC(N)CC3)CC2)CC1. The summed E-state index contributed by atoms with van der Waals surface area (Å²) in [5, 5.41) is 0. The zero-order chi connectivity index (χ0) is 13.9. The lowest BCUT2D eigenvalue weighted by Crippen LogP contribution is -2.30. The van der Waals surface area contributed by atoms with Crippen molar-refractivity contribution in [3.8, 4) is 0 Å². The maximum atomic E-state index is 6.05. The van der Waals surface area contributed by atoms with Crippen LogP contribution in [0.15, 0.2) is 11.6 Å². The lowest BCUT2D eigenvalue weighted by Gasteiger charge is -2.36. The Balaban J connectivity index is 1.50. The molecule has 3 aliphatic carbocycles. The smallest absolute Gasteiger partial charge is 0.00390 e. The first-order valence-electron chi connectivity index (χ1n) is 9.17. The van der Waals surface area contributed by atoms with E-state index in [9.17, 15) is 0 Å². The van der Waals surface area contributed by atoms with Crippen LogP contribution in [0.1, 0.15) is 77.6 Å². The fourth-order valence-corrected chi connectivity index (χ4v) is 4.92. The standard InChI is InChI=1S/C19H33N/c1-14-2-4-15(5-3-14)16-6-8-17(9-7-16)18-10-12-19(20)13-11-18/h6,14-15,17-19H,2-5,7-13,20H2,1H3. The molecule has 2 saturated carbocycles. The summed E-state index contributed by atoms with van der Waals surface area (Å²) in [6.07, 6.45) is 18.1. The Morgan fingerprint density at radius 3 is 2.15 bits per heavy atom. The highest BCUT2D eigenvalue weighted by Crippen LogP contribution is 2.42. The highest BCUT2D eigenvalue weighted by Gasteiger charge is 2.29. The quantitative estimate of drug-likeness (QED) is 0.701. The van der Waals surface area contributed by atoms with Gasteiger partial charge in [0.1, 0.15) is 0 Å². The van der Waals surface area contributed by atoms with Gasteiger partial charge in [-0.15, -0.1) is 0 Å². The van der Waals surface area contributed by atoms with E-state index in [1.807, 2.05) is 5.57 Å². The molecular formula is C19H33N. The molecule has 1 nitrogen and oxygen atoms in total. The molecule has 0 saturated heterocycles. The molecule has 1 heteroatoms. The predicted octanol–water partition coefficient (Wildman–Crippen LogP) is 5.06. The number of hydrogen-bond donors (Lipinski definition) is 1. The molecule has 20 heavy (non-hydrogen) atoms. The summed E-state index contributed by atoms with van der Waals surface area (Å²) in [5.41, 5.74) is 7.88. The van der Waals surface area contributed by atoms with Crippen LogP contribution in [0.5, 0.6) is 0 Å². The molecule has 2 fully saturated rings. The second kappa shape index (κ2) is 6.64. The van der Waals surface area contributed by atoms with Crippen molar-refractivity contribution in [2.75, 3.05) is 0 Å². The van der Waals surface area contributed by atoms with Gasteiger partial charge < -0.3 is 5.73 Å². The molecule has 3 aliphatic rings. The largest absolute Gasteiger partial charge is 0.328 e. The Morgan fingerprint density at radius 2 is 1.55 bits per heavy atom. The van der Waals surface area contributed by atoms with Gasteiger partial charge in [0, 0.05) is 6.04 Å². The summed E-state index contributed by atoms with van der Waals surface area (Å²) in [7, 11) is 0. The van der Waals surface area contributed by atoms with E-state index in [-0.39, 0.29) is 0 Å². The van der Waals surface area contributed by atoms with E-state index in [1.54, 1.807) is 0 Å². The number of allylic oxidation sites excluding steroid dienone is 2. The van der Waals surface area contributed by atoms with Crippen LogP contribution in [0.4, 0.5) is 0 Å². The third kappa shape index (κ3) is 3.47. The summed E-state index contributed by atoms with van der Waals surface area (Å²) in [4.78, 5) is 0. The van der Waals surface area contributed by atoms with Crippen molar-refractivity contribution in [3.63, 3.8) is 0 Å². The van der Waals surface area contributed by atoms with Crippen LogP contribution in [0, 0.1) is 23.7 Å². The number of rotatable bonds is 2. The molecule has 0 aromatic rings. The average Bonchev–Trinajstić information content (AvgIpc) is 2.49. The topological polar surface area (TPSA) is 26.0 Å². The van der Waals surface area contributed by atoms with Gasteiger partial charge in [-0.25, -0.2) is 0 Å². The van der Waals surface area contributed by atoms with Gasteiger partial charge in [0.2, 0.25) is 0 Å². The van der Waals surface area contributed by atoms with Crippen LogP contribution in [0.25, 0.3) is 0 Å². The van der Waals surface area contributed by atoms with Gasteiger partial charge in [0.05, 0.1) is 0 Å². The molecule has 0 spiro atoms. The van der Waals surface area contributed by atoms with Gasteiger partial charge in [0.15, 0.2) is 0 Å². The molecule has 0 aliphatic heterocycles. The molecule has 0 amide bonds. The van der Waals surface area contributed by atoms with Crippen LogP contribution in [0.2, 0.25) is 0 Å². The average molecular weight is 275 g/mol. The Bertz CT molecular complexity index is 330. The van der Waals surface area contributed by atoms with Crippen molar-refractivity contribution in [1.29, 1.82) is 0 Å². The molecule has 0 heterocycles. The lowest BCUT2D eigenvalue weighted by atomic mass is 9.70. The fraction of sp³-hybridized carbons (Fsp3) is 0.895. The third-order valence-electron chi connectivity index (χ3n) is 6.51. The Hall–Kier alpha value is -0.300. The van der Waals surface area contributed by atoms with Crippen molar-refractivity contribution in [2.45, 2.75) is 83.6 Å². The van der Waals surface area contributed by atoms with E-state index in [0.29, 0.717) is 6.04 Å². The molecule has 0 aromatic heterocycles. The molecule has 0 aromatic carbocycles. The van der Waals surface area contributed by atoms with Gasteiger partial charge >= 0.3 is 0 Å². The zero-order valence-corrected chi connectivity index (χ0v) is 13.3. The molecule has 0 radical (unpaired) electrons. The van der Waals surface area contributed by atoms with Crippen LogP contribution < -0.4 is 5.73 Å². The van der Waals surface area contributed by atoms with E-state index < -0.39 is 0 Å². The van der Waals surface area contributed by atoms with E-state index in [2.05, 4.69) is 13.0 Å². The first kappa shape index (κ1) is 14.6. The zero-order valence-electron chi connectivity index (χ0n) is 13.3. The molecule has 3 rings (SSSR count). The van der Waals surface area contributed by atoms with Crippen molar-refractivity contribution >= 4 is 0 Å². The second-order valence-electron chi connectivity index (χ2n) is 7.95. The van der Waals surface area contributed by atoms with Crippen molar-refractivity contribution < 1.29 is 0 Å². The summed E-state index contributed by atoms with van der Waals surface area (Å²) >= 11 is 0. The van der Waals surface area contributed by atoms with Crippen LogP contribution >= 0.6 is 0 Å². The maximum Gasteiger partial charge on any atom is 0.00390 e. The highest BCUT2D eigenvalue weighted by atomic mass is 14.6. The number of hydrogen-bond acceptors (Lipinski definition) is 1. The minimum atomic E-state index is 0.505. The van der Waals surface area contributed by atoms with Gasteiger partial charge in [-0.3, -0.25) is 0 Å². The second-order valence-corrected chi connectivity index (χ2v) is 7.95. The van der Waals surface area contributed by atoms with E-state index >= 15 is 0 Å². The lowest BCUT2D eigenvalue weighted by molar-refractivity contribution is 0.212. The number of nitrogens with two attached hydrogens (primary N) is 1. The van der Waals surface area contributed by atoms with Gasteiger partial charge in [-0.05, 0) is 81.5 Å². The highest BCUT2D eigenvalue weighted by molar-refractivity contribution is 5.12. The normalized spacial score (nSPS) is 43.1. The van der Waals surface area contributed by atoms with Gasteiger partial charge in [-0.2, -0.15) is 0 Å². The van der Waals surface area contributed by atoms with Crippen molar-refractivity contribution in [1.82, 2.24) is 0 Å². The first-order valence-corrected chi connectivity index (χ1v) is 9.17. The minimum absolute atomic E-state index is 0.505. The van der Waals surface area contributed by atoms with E-state index in [0.717, 1.165) is 23.7 Å². The minimum Gasteiger partial charge on any atom is -0.328 e.